The Morgan fingerprint density at radius 2 is 2.26 bits per heavy atom. The lowest BCUT2D eigenvalue weighted by atomic mass is 10.0. The second kappa shape index (κ2) is 4.60. The highest BCUT2D eigenvalue weighted by molar-refractivity contribution is 5.71. The van der Waals surface area contributed by atoms with Crippen molar-refractivity contribution in [2.75, 3.05) is 13.1 Å². The van der Waals surface area contributed by atoms with Crippen molar-refractivity contribution in [2.24, 2.45) is 5.92 Å². The summed E-state index contributed by atoms with van der Waals surface area (Å²) in [5, 5.41) is 3.43. The highest BCUT2D eigenvalue weighted by Crippen LogP contribution is 2.26. The molecule has 1 atom stereocenters. The van der Waals surface area contributed by atoms with Crippen molar-refractivity contribution >= 4 is 11.2 Å². The van der Waals surface area contributed by atoms with Crippen LogP contribution in [0.2, 0.25) is 0 Å². The van der Waals surface area contributed by atoms with Crippen molar-refractivity contribution in [1.82, 2.24) is 19.9 Å². The minimum absolute atomic E-state index is 0.0183. The highest BCUT2D eigenvalue weighted by Gasteiger charge is 2.25. The number of pyridine rings is 1. The van der Waals surface area contributed by atoms with Gasteiger partial charge in [-0.25, -0.2) is 9.97 Å². The van der Waals surface area contributed by atoms with Crippen LogP contribution in [0.3, 0.4) is 0 Å². The molecule has 0 saturated carbocycles. The third-order valence-corrected chi connectivity index (χ3v) is 3.79. The van der Waals surface area contributed by atoms with Gasteiger partial charge in [0.1, 0.15) is 11.3 Å². The summed E-state index contributed by atoms with van der Waals surface area (Å²) in [6, 6.07) is 4.02. The third kappa shape index (κ3) is 2.37. The predicted octanol–water partition coefficient (Wildman–Crippen LogP) is 2.34. The van der Waals surface area contributed by atoms with E-state index in [2.05, 4.69) is 41.7 Å². The van der Waals surface area contributed by atoms with Crippen molar-refractivity contribution in [3.05, 3.63) is 24.2 Å². The van der Waals surface area contributed by atoms with Gasteiger partial charge in [0.25, 0.3) is 0 Å². The standard InChI is InChI=1S/C15H22N4/c1-15(2,3)19-13(9-11-6-8-16-10-11)18-12-5-4-7-17-14(12)19/h4-5,7,11,16H,6,8-10H2,1-3H3. The molecule has 0 aromatic carbocycles. The van der Waals surface area contributed by atoms with E-state index in [1.54, 1.807) is 0 Å². The van der Waals surface area contributed by atoms with Crippen LogP contribution in [0.25, 0.3) is 11.2 Å². The summed E-state index contributed by atoms with van der Waals surface area (Å²) in [5.74, 6) is 1.88. The van der Waals surface area contributed by atoms with Crippen LogP contribution in [0.4, 0.5) is 0 Å². The van der Waals surface area contributed by atoms with Crippen LogP contribution in [0, 0.1) is 5.92 Å². The molecular formula is C15H22N4. The molecule has 1 aliphatic rings. The number of hydrogen-bond acceptors (Lipinski definition) is 3. The molecule has 19 heavy (non-hydrogen) atoms. The first-order chi connectivity index (χ1) is 9.05. The van der Waals surface area contributed by atoms with Gasteiger partial charge in [0.15, 0.2) is 5.65 Å². The van der Waals surface area contributed by atoms with Gasteiger partial charge in [-0.05, 0) is 58.3 Å². The van der Waals surface area contributed by atoms with E-state index in [1.165, 1.54) is 12.2 Å². The third-order valence-electron chi connectivity index (χ3n) is 3.79. The fraction of sp³-hybridized carbons (Fsp3) is 0.600. The van der Waals surface area contributed by atoms with Crippen LogP contribution >= 0.6 is 0 Å². The zero-order chi connectivity index (χ0) is 13.5. The summed E-state index contributed by atoms with van der Waals surface area (Å²) in [6.45, 7) is 8.91. The first-order valence-corrected chi connectivity index (χ1v) is 7.09. The zero-order valence-corrected chi connectivity index (χ0v) is 12.0. The molecular weight excluding hydrogens is 236 g/mol. The van der Waals surface area contributed by atoms with Crippen LogP contribution in [-0.4, -0.2) is 27.6 Å². The van der Waals surface area contributed by atoms with Crippen LogP contribution in [0.15, 0.2) is 18.3 Å². The first kappa shape index (κ1) is 12.6. The number of nitrogens with one attached hydrogen (secondary N) is 1. The van der Waals surface area contributed by atoms with Gasteiger partial charge in [-0.3, -0.25) is 0 Å². The Hall–Kier alpha value is -1.42. The lowest BCUT2D eigenvalue weighted by Crippen LogP contribution is -2.26. The molecule has 0 bridgehead atoms. The van der Waals surface area contributed by atoms with E-state index in [0.29, 0.717) is 5.92 Å². The summed E-state index contributed by atoms with van der Waals surface area (Å²) in [4.78, 5) is 9.34. The molecule has 0 spiro atoms. The van der Waals surface area contributed by atoms with Crippen molar-refractivity contribution < 1.29 is 0 Å². The van der Waals surface area contributed by atoms with Crippen molar-refractivity contribution in [3.63, 3.8) is 0 Å². The second-order valence-corrected chi connectivity index (χ2v) is 6.44. The van der Waals surface area contributed by atoms with Gasteiger partial charge in [-0.1, -0.05) is 0 Å². The molecule has 2 aromatic heterocycles. The Kier molecular flexibility index (Phi) is 3.05. The molecule has 1 unspecified atom stereocenters. The molecule has 3 rings (SSSR count). The molecule has 0 aliphatic carbocycles. The Morgan fingerprint density at radius 1 is 1.42 bits per heavy atom. The van der Waals surface area contributed by atoms with Gasteiger partial charge < -0.3 is 9.88 Å². The highest BCUT2D eigenvalue weighted by atomic mass is 15.2. The number of aromatic nitrogens is 3. The minimum Gasteiger partial charge on any atom is -0.316 e. The van der Waals surface area contributed by atoms with Crippen LogP contribution < -0.4 is 5.32 Å². The van der Waals surface area contributed by atoms with Gasteiger partial charge in [0.05, 0.1) is 0 Å². The first-order valence-electron chi connectivity index (χ1n) is 7.09. The van der Waals surface area contributed by atoms with Gasteiger partial charge in [-0.2, -0.15) is 0 Å². The summed E-state index contributed by atoms with van der Waals surface area (Å²) in [6.07, 6.45) is 4.15. The molecule has 4 heteroatoms. The number of fused-ring (bicyclic) bond motifs is 1. The topological polar surface area (TPSA) is 42.7 Å². The smallest absolute Gasteiger partial charge is 0.160 e. The van der Waals surface area contributed by atoms with Gasteiger partial charge in [0, 0.05) is 18.2 Å². The van der Waals surface area contributed by atoms with E-state index < -0.39 is 0 Å². The zero-order valence-electron chi connectivity index (χ0n) is 12.0. The summed E-state index contributed by atoms with van der Waals surface area (Å²) >= 11 is 0. The normalized spacial score (nSPS) is 20.3. The maximum atomic E-state index is 4.82. The maximum absolute atomic E-state index is 4.82. The van der Waals surface area contributed by atoms with Crippen LogP contribution in [0.5, 0.6) is 0 Å². The SMILES string of the molecule is CC(C)(C)n1c(CC2CCNC2)nc2cccnc21. The van der Waals surface area contributed by atoms with Gasteiger partial charge in [0.2, 0.25) is 0 Å². The molecule has 0 radical (unpaired) electrons. The molecule has 2 aromatic rings. The predicted molar refractivity (Wildman–Crippen MR) is 77.2 cm³/mol. The lowest BCUT2D eigenvalue weighted by molar-refractivity contribution is 0.381. The number of hydrogen-bond donors (Lipinski definition) is 1. The van der Waals surface area contributed by atoms with Gasteiger partial charge in [-0.15, -0.1) is 0 Å². The van der Waals surface area contributed by atoms with E-state index in [1.807, 2.05) is 12.3 Å². The van der Waals surface area contributed by atoms with E-state index in [9.17, 15) is 0 Å². The van der Waals surface area contributed by atoms with Crippen LogP contribution in [-0.2, 0) is 12.0 Å². The monoisotopic (exact) mass is 258 g/mol. The Labute approximate surface area is 114 Å². The molecule has 3 heterocycles. The van der Waals surface area contributed by atoms with Gasteiger partial charge >= 0.3 is 0 Å². The summed E-state index contributed by atoms with van der Waals surface area (Å²) in [5.41, 5.74) is 2.04. The van der Waals surface area contributed by atoms with E-state index in [4.69, 9.17) is 4.98 Å². The molecule has 1 fully saturated rings. The Bertz CT molecular complexity index is 573. The van der Waals surface area contributed by atoms with Crippen molar-refractivity contribution in [3.8, 4) is 0 Å². The average molecular weight is 258 g/mol. The second-order valence-electron chi connectivity index (χ2n) is 6.44. The quantitative estimate of drug-likeness (QED) is 0.899. The van der Waals surface area contributed by atoms with Crippen LogP contribution in [0.1, 0.15) is 33.0 Å². The lowest BCUT2D eigenvalue weighted by Gasteiger charge is -2.24. The molecule has 1 N–H and O–H groups in total. The Morgan fingerprint density at radius 3 is 2.95 bits per heavy atom. The maximum Gasteiger partial charge on any atom is 0.160 e. The van der Waals surface area contributed by atoms with Crippen molar-refractivity contribution in [2.45, 2.75) is 39.2 Å². The number of nitrogens with zero attached hydrogens (tertiary/aromatic N) is 3. The number of rotatable bonds is 2. The molecule has 102 valence electrons. The molecule has 1 aliphatic heterocycles. The summed E-state index contributed by atoms with van der Waals surface area (Å²) in [7, 11) is 0. The number of imidazole rings is 1. The Balaban J connectivity index is 2.06. The fourth-order valence-electron chi connectivity index (χ4n) is 2.95. The summed E-state index contributed by atoms with van der Waals surface area (Å²) < 4.78 is 2.31. The van der Waals surface area contributed by atoms with E-state index >= 15 is 0 Å². The fourth-order valence-corrected chi connectivity index (χ4v) is 2.95. The minimum atomic E-state index is 0.0183. The molecule has 0 amide bonds. The van der Waals surface area contributed by atoms with Crippen molar-refractivity contribution in [1.29, 1.82) is 0 Å². The average Bonchev–Trinajstić information content (AvgIpc) is 2.94. The molecule has 4 nitrogen and oxygen atoms in total. The van der Waals surface area contributed by atoms with E-state index in [-0.39, 0.29) is 5.54 Å². The van der Waals surface area contributed by atoms with E-state index in [0.717, 1.165) is 30.7 Å². The largest absolute Gasteiger partial charge is 0.316 e. The molecule has 1 saturated heterocycles.